The fourth-order valence-corrected chi connectivity index (χ4v) is 2.58. The first kappa shape index (κ1) is 15.2. The van der Waals surface area contributed by atoms with Crippen LogP contribution in [0.25, 0.3) is 17.0 Å². The average Bonchev–Trinajstić information content (AvgIpc) is 2.91. The average molecular weight is 308 g/mol. The number of imidazole rings is 1. The van der Waals surface area contributed by atoms with E-state index in [0.717, 1.165) is 35.5 Å². The molecule has 0 unspecified atom stereocenters. The zero-order chi connectivity index (χ0) is 16.2. The van der Waals surface area contributed by atoms with Crippen molar-refractivity contribution in [3.05, 3.63) is 48.4 Å². The second-order valence-electron chi connectivity index (χ2n) is 5.57. The van der Waals surface area contributed by atoms with Crippen molar-refractivity contribution >= 4 is 17.4 Å². The van der Waals surface area contributed by atoms with Gasteiger partial charge in [0.1, 0.15) is 0 Å². The van der Waals surface area contributed by atoms with Crippen LogP contribution >= 0.6 is 0 Å². The number of carbonyl (C=O) groups excluding carboxylic acids is 1. The van der Waals surface area contributed by atoms with E-state index >= 15 is 0 Å². The van der Waals surface area contributed by atoms with Crippen LogP contribution in [-0.4, -0.2) is 20.3 Å². The minimum atomic E-state index is 0.0531. The third-order valence-electron chi connectivity index (χ3n) is 3.82. The molecule has 0 bridgehead atoms. The third-order valence-corrected chi connectivity index (χ3v) is 3.82. The Balaban J connectivity index is 1.89. The summed E-state index contributed by atoms with van der Waals surface area (Å²) in [7, 11) is 0. The highest BCUT2D eigenvalue weighted by atomic mass is 16.1. The molecule has 0 saturated heterocycles. The Morgan fingerprint density at radius 2 is 2.17 bits per heavy atom. The Labute approximate surface area is 135 Å². The SMILES string of the molecule is CCCCC(=O)Nc1cccc(-c2nc3ncccn3c2C)c1. The number of anilines is 1. The van der Waals surface area contributed by atoms with Gasteiger partial charge in [0.2, 0.25) is 11.7 Å². The van der Waals surface area contributed by atoms with Crippen LogP contribution in [0.15, 0.2) is 42.7 Å². The van der Waals surface area contributed by atoms with Crippen LogP contribution in [0.1, 0.15) is 31.9 Å². The van der Waals surface area contributed by atoms with Gasteiger partial charge in [0, 0.05) is 35.8 Å². The molecule has 23 heavy (non-hydrogen) atoms. The first-order chi connectivity index (χ1) is 11.2. The van der Waals surface area contributed by atoms with Crippen molar-refractivity contribution in [2.75, 3.05) is 5.32 Å². The molecule has 0 aliphatic carbocycles. The summed E-state index contributed by atoms with van der Waals surface area (Å²) >= 11 is 0. The third kappa shape index (κ3) is 3.23. The van der Waals surface area contributed by atoms with Crippen molar-refractivity contribution in [1.82, 2.24) is 14.4 Å². The fraction of sp³-hybridized carbons (Fsp3) is 0.278. The van der Waals surface area contributed by atoms with Gasteiger partial charge in [-0.25, -0.2) is 9.97 Å². The molecule has 0 saturated carbocycles. The molecule has 2 heterocycles. The molecule has 0 aliphatic heterocycles. The lowest BCUT2D eigenvalue weighted by atomic mass is 10.1. The number of rotatable bonds is 5. The van der Waals surface area contributed by atoms with E-state index < -0.39 is 0 Å². The molecular weight excluding hydrogens is 288 g/mol. The number of amides is 1. The van der Waals surface area contributed by atoms with E-state index in [1.807, 2.05) is 47.9 Å². The lowest BCUT2D eigenvalue weighted by Crippen LogP contribution is -2.10. The van der Waals surface area contributed by atoms with Crippen LogP contribution in [0, 0.1) is 6.92 Å². The molecule has 5 heteroatoms. The molecule has 3 aromatic rings. The quantitative estimate of drug-likeness (QED) is 0.779. The minimum Gasteiger partial charge on any atom is -0.326 e. The molecule has 118 valence electrons. The molecule has 3 rings (SSSR count). The van der Waals surface area contributed by atoms with Gasteiger partial charge in [0.15, 0.2) is 0 Å². The normalized spacial score (nSPS) is 10.9. The molecule has 0 radical (unpaired) electrons. The van der Waals surface area contributed by atoms with E-state index in [2.05, 4.69) is 22.2 Å². The second-order valence-corrected chi connectivity index (χ2v) is 5.57. The van der Waals surface area contributed by atoms with E-state index in [9.17, 15) is 4.79 Å². The van der Waals surface area contributed by atoms with Crippen LogP contribution in [-0.2, 0) is 4.79 Å². The topological polar surface area (TPSA) is 59.3 Å². The number of aromatic nitrogens is 3. The van der Waals surface area contributed by atoms with Crippen LogP contribution in [0.4, 0.5) is 5.69 Å². The molecule has 5 nitrogen and oxygen atoms in total. The van der Waals surface area contributed by atoms with Crippen LogP contribution < -0.4 is 5.32 Å². The van der Waals surface area contributed by atoms with Gasteiger partial charge in [-0.3, -0.25) is 9.20 Å². The summed E-state index contributed by atoms with van der Waals surface area (Å²) in [5.41, 5.74) is 3.69. The van der Waals surface area contributed by atoms with Crippen molar-refractivity contribution in [1.29, 1.82) is 0 Å². The minimum absolute atomic E-state index is 0.0531. The summed E-state index contributed by atoms with van der Waals surface area (Å²) in [6.45, 7) is 4.09. The number of benzene rings is 1. The largest absolute Gasteiger partial charge is 0.326 e. The van der Waals surface area contributed by atoms with E-state index in [4.69, 9.17) is 0 Å². The standard InChI is InChI=1S/C18H20N4O/c1-3-4-9-16(23)20-15-8-5-7-14(12-15)17-13(2)22-11-6-10-19-18(22)21-17/h5-8,10-12H,3-4,9H2,1-2H3,(H,20,23). The maximum absolute atomic E-state index is 11.9. The van der Waals surface area contributed by atoms with Gasteiger partial charge in [-0.1, -0.05) is 25.5 Å². The number of carbonyl (C=O) groups is 1. The summed E-state index contributed by atoms with van der Waals surface area (Å²) in [6.07, 6.45) is 6.15. The van der Waals surface area contributed by atoms with E-state index in [0.29, 0.717) is 12.2 Å². The number of hydrogen-bond donors (Lipinski definition) is 1. The molecule has 1 aromatic carbocycles. The van der Waals surface area contributed by atoms with Crippen molar-refractivity contribution in [2.45, 2.75) is 33.1 Å². The molecule has 1 N–H and O–H groups in total. The molecular formula is C18H20N4O. The lowest BCUT2D eigenvalue weighted by Gasteiger charge is -2.07. The predicted octanol–water partition coefficient (Wildman–Crippen LogP) is 3.83. The Kier molecular flexibility index (Phi) is 4.37. The van der Waals surface area contributed by atoms with Gasteiger partial charge in [0.05, 0.1) is 5.69 Å². The Morgan fingerprint density at radius 1 is 1.30 bits per heavy atom. The van der Waals surface area contributed by atoms with Crippen LogP contribution in [0.2, 0.25) is 0 Å². The lowest BCUT2D eigenvalue weighted by molar-refractivity contribution is -0.116. The smallest absolute Gasteiger partial charge is 0.234 e. The predicted molar refractivity (Wildman–Crippen MR) is 91.3 cm³/mol. The van der Waals surface area contributed by atoms with Crippen molar-refractivity contribution in [2.24, 2.45) is 0 Å². The van der Waals surface area contributed by atoms with Gasteiger partial charge in [0.25, 0.3) is 0 Å². The number of hydrogen-bond acceptors (Lipinski definition) is 3. The Bertz CT molecular complexity index is 838. The van der Waals surface area contributed by atoms with Crippen LogP contribution in [0.3, 0.4) is 0 Å². The molecule has 0 fully saturated rings. The van der Waals surface area contributed by atoms with Crippen molar-refractivity contribution in [3.8, 4) is 11.3 Å². The highest BCUT2D eigenvalue weighted by molar-refractivity contribution is 5.91. The maximum Gasteiger partial charge on any atom is 0.234 e. The molecule has 0 atom stereocenters. The van der Waals surface area contributed by atoms with Crippen molar-refractivity contribution in [3.63, 3.8) is 0 Å². The number of nitrogens with zero attached hydrogens (tertiary/aromatic N) is 3. The van der Waals surface area contributed by atoms with E-state index in [-0.39, 0.29) is 5.91 Å². The van der Waals surface area contributed by atoms with Gasteiger partial charge < -0.3 is 5.32 Å². The number of unbranched alkanes of at least 4 members (excludes halogenated alkanes) is 1. The van der Waals surface area contributed by atoms with Crippen LogP contribution in [0.5, 0.6) is 0 Å². The first-order valence-corrected chi connectivity index (χ1v) is 7.89. The number of fused-ring (bicyclic) bond motifs is 1. The summed E-state index contributed by atoms with van der Waals surface area (Å²) < 4.78 is 1.96. The summed E-state index contributed by atoms with van der Waals surface area (Å²) in [6, 6.07) is 9.67. The molecule has 0 spiro atoms. The highest BCUT2D eigenvalue weighted by Gasteiger charge is 2.11. The summed E-state index contributed by atoms with van der Waals surface area (Å²) in [5, 5.41) is 2.95. The zero-order valence-corrected chi connectivity index (χ0v) is 13.4. The molecule has 2 aromatic heterocycles. The molecule has 0 aliphatic rings. The first-order valence-electron chi connectivity index (χ1n) is 7.89. The highest BCUT2D eigenvalue weighted by Crippen LogP contribution is 2.25. The summed E-state index contributed by atoms with van der Waals surface area (Å²) in [5.74, 6) is 0.731. The molecule has 1 amide bonds. The van der Waals surface area contributed by atoms with Gasteiger partial charge >= 0.3 is 0 Å². The number of aryl methyl sites for hydroxylation is 1. The monoisotopic (exact) mass is 308 g/mol. The second kappa shape index (κ2) is 6.60. The Morgan fingerprint density at radius 3 is 2.96 bits per heavy atom. The maximum atomic E-state index is 11.9. The van der Waals surface area contributed by atoms with Gasteiger partial charge in [-0.2, -0.15) is 0 Å². The van der Waals surface area contributed by atoms with Crippen molar-refractivity contribution < 1.29 is 4.79 Å². The Hall–Kier alpha value is -2.69. The zero-order valence-electron chi connectivity index (χ0n) is 13.4. The van der Waals surface area contributed by atoms with Gasteiger partial charge in [-0.15, -0.1) is 0 Å². The van der Waals surface area contributed by atoms with E-state index in [1.165, 1.54) is 0 Å². The fourth-order valence-electron chi connectivity index (χ4n) is 2.58. The van der Waals surface area contributed by atoms with Gasteiger partial charge in [-0.05, 0) is 31.5 Å². The summed E-state index contributed by atoms with van der Waals surface area (Å²) in [4.78, 5) is 20.8. The van der Waals surface area contributed by atoms with E-state index in [1.54, 1.807) is 6.20 Å². The number of nitrogens with one attached hydrogen (secondary N) is 1.